The van der Waals surface area contributed by atoms with Gasteiger partial charge in [0, 0.05) is 31.3 Å². The number of amides is 1. The molecule has 0 radical (unpaired) electrons. The number of methoxy groups -OCH3 is 3. The van der Waals surface area contributed by atoms with Crippen LogP contribution in [0.2, 0.25) is 0 Å². The second-order valence-electron chi connectivity index (χ2n) is 4.17. The van der Waals surface area contributed by atoms with Crippen molar-refractivity contribution >= 4 is 21.8 Å². The first-order chi connectivity index (χ1) is 9.13. The number of fused-ring (bicyclic) bond motifs is 1. The highest BCUT2D eigenvalue weighted by atomic mass is 79.9. The van der Waals surface area contributed by atoms with Crippen LogP contribution in [0, 0.1) is 0 Å². The number of nitrogens with zero attached hydrogens (tertiary/aromatic N) is 1. The summed E-state index contributed by atoms with van der Waals surface area (Å²) in [5.41, 5.74) is 1.58. The molecule has 2 rings (SSSR count). The van der Waals surface area contributed by atoms with Gasteiger partial charge in [-0.3, -0.25) is 4.79 Å². The number of hydrogen-bond acceptors (Lipinski definition) is 4. The lowest BCUT2D eigenvalue weighted by Gasteiger charge is -2.14. The molecule has 1 amide bonds. The minimum absolute atomic E-state index is 0.00583. The highest BCUT2D eigenvalue weighted by Gasteiger charge is 2.32. The fraction of sp³-hybridized carbons (Fsp3) is 0.462. The summed E-state index contributed by atoms with van der Waals surface area (Å²) >= 11 is 3.49. The molecule has 1 heterocycles. The molecule has 1 aromatic carbocycles. The van der Waals surface area contributed by atoms with Gasteiger partial charge in [0.05, 0.1) is 25.3 Å². The van der Waals surface area contributed by atoms with Gasteiger partial charge in [0.1, 0.15) is 0 Å². The Morgan fingerprint density at radius 1 is 1.32 bits per heavy atom. The Bertz CT molecular complexity index is 504. The van der Waals surface area contributed by atoms with Crippen LogP contribution in [0.4, 0.5) is 0 Å². The second kappa shape index (κ2) is 5.79. The van der Waals surface area contributed by atoms with Gasteiger partial charge in [-0.2, -0.15) is 0 Å². The average Bonchev–Trinajstić information content (AvgIpc) is 2.73. The van der Waals surface area contributed by atoms with E-state index >= 15 is 0 Å². The fourth-order valence-electron chi connectivity index (χ4n) is 2.15. The van der Waals surface area contributed by atoms with Crippen LogP contribution in [0.5, 0.6) is 11.5 Å². The molecule has 19 heavy (non-hydrogen) atoms. The Morgan fingerprint density at radius 3 is 2.63 bits per heavy atom. The van der Waals surface area contributed by atoms with Crippen molar-refractivity contribution in [3.05, 3.63) is 21.7 Å². The predicted molar refractivity (Wildman–Crippen MR) is 73.9 cm³/mol. The number of rotatable bonds is 5. The van der Waals surface area contributed by atoms with E-state index in [-0.39, 0.29) is 5.91 Å². The highest BCUT2D eigenvalue weighted by Crippen LogP contribution is 2.42. The standard InChI is InChI=1S/C13H16BrNO4/c1-17-5-4-15-7-9-8(13(15)16)6-10(18-2)12(19-3)11(9)14/h6H,4-5,7H2,1-3H3. The number of carbonyl (C=O) groups excluding carboxylic acids is 1. The molecule has 1 aliphatic heterocycles. The molecule has 6 heteroatoms. The zero-order chi connectivity index (χ0) is 14.0. The van der Waals surface area contributed by atoms with Crippen LogP contribution in [-0.4, -0.2) is 45.3 Å². The summed E-state index contributed by atoms with van der Waals surface area (Å²) in [7, 11) is 4.75. The van der Waals surface area contributed by atoms with Crippen LogP contribution in [0.1, 0.15) is 15.9 Å². The molecule has 0 saturated carbocycles. The van der Waals surface area contributed by atoms with Gasteiger partial charge in [0.15, 0.2) is 11.5 Å². The van der Waals surface area contributed by atoms with Gasteiger partial charge in [0.25, 0.3) is 5.91 Å². The van der Waals surface area contributed by atoms with Gasteiger partial charge in [-0.15, -0.1) is 0 Å². The number of halogens is 1. The van der Waals surface area contributed by atoms with Gasteiger partial charge in [-0.05, 0) is 22.0 Å². The van der Waals surface area contributed by atoms with E-state index in [0.29, 0.717) is 36.8 Å². The highest BCUT2D eigenvalue weighted by molar-refractivity contribution is 9.10. The maximum Gasteiger partial charge on any atom is 0.254 e. The first-order valence-electron chi connectivity index (χ1n) is 5.85. The largest absolute Gasteiger partial charge is 0.493 e. The van der Waals surface area contributed by atoms with E-state index in [9.17, 15) is 4.79 Å². The number of ether oxygens (including phenoxy) is 3. The summed E-state index contributed by atoms with van der Waals surface area (Å²) in [4.78, 5) is 14.0. The Balaban J connectivity index is 2.39. The van der Waals surface area contributed by atoms with Crippen molar-refractivity contribution < 1.29 is 19.0 Å². The molecule has 0 aliphatic carbocycles. The molecule has 0 bridgehead atoms. The molecule has 0 aromatic heterocycles. The third-order valence-corrected chi connectivity index (χ3v) is 3.98. The molecule has 1 aliphatic rings. The van der Waals surface area contributed by atoms with Crippen molar-refractivity contribution in [2.75, 3.05) is 34.5 Å². The van der Waals surface area contributed by atoms with Crippen molar-refractivity contribution in [1.29, 1.82) is 0 Å². The molecule has 0 unspecified atom stereocenters. The van der Waals surface area contributed by atoms with Crippen LogP contribution >= 0.6 is 15.9 Å². The number of benzene rings is 1. The molecule has 0 fully saturated rings. The Kier molecular flexibility index (Phi) is 4.31. The third-order valence-electron chi connectivity index (χ3n) is 3.14. The minimum Gasteiger partial charge on any atom is -0.493 e. The monoisotopic (exact) mass is 329 g/mol. The van der Waals surface area contributed by atoms with Crippen LogP contribution in [0.15, 0.2) is 10.5 Å². The minimum atomic E-state index is -0.00583. The normalized spacial score (nSPS) is 13.7. The fourth-order valence-corrected chi connectivity index (χ4v) is 2.85. The summed E-state index contributed by atoms with van der Waals surface area (Å²) < 4.78 is 16.4. The smallest absolute Gasteiger partial charge is 0.254 e. The van der Waals surface area contributed by atoms with E-state index in [4.69, 9.17) is 14.2 Å². The molecule has 1 aromatic rings. The molecule has 0 atom stereocenters. The summed E-state index contributed by atoms with van der Waals surface area (Å²) in [5, 5.41) is 0. The zero-order valence-electron chi connectivity index (χ0n) is 11.2. The molecular formula is C13H16BrNO4. The van der Waals surface area contributed by atoms with Crippen LogP contribution in [0.3, 0.4) is 0 Å². The number of carbonyl (C=O) groups is 1. The van der Waals surface area contributed by atoms with E-state index < -0.39 is 0 Å². The van der Waals surface area contributed by atoms with E-state index in [1.807, 2.05) is 0 Å². The third kappa shape index (κ3) is 2.42. The van der Waals surface area contributed by atoms with Crippen LogP contribution < -0.4 is 9.47 Å². The maximum absolute atomic E-state index is 12.3. The maximum atomic E-state index is 12.3. The molecule has 104 valence electrons. The van der Waals surface area contributed by atoms with E-state index in [1.54, 1.807) is 32.3 Å². The molecule has 5 nitrogen and oxygen atoms in total. The Labute approximate surface area is 120 Å². The van der Waals surface area contributed by atoms with Crippen LogP contribution in [0.25, 0.3) is 0 Å². The van der Waals surface area contributed by atoms with Crippen molar-refractivity contribution in [3.8, 4) is 11.5 Å². The van der Waals surface area contributed by atoms with E-state index in [2.05, 4.69) is 15.9 Å². The molecule has 0 N–H and O–H groups in total. The molecule has 0 spiro atoms. The second-order valence-corrected chi connectivity index (χ2v) is 4.96. The number of hydrogen-bond donors (Lipinski definition) is 0. The zero-order valence-corrected chi connectivity index (χ0v) is 12.7. The van der Waals surface area contributed by atoms with Gasteiger partial charge >= 0.3 is 0 Å². The average molecular weight is 330 g/mol. The first kappa shape index (κ1) is 14.1. The van der Waals surface area contributed by atoms with Crippen molar-refractivity contribution in [2.45, 2.75) is 6.54 Å². The van der Waals surface area contributed by atoms with Gasteiger partial charge in [-0.1, -0.05) is 0 Å². The van der Waals surface area contributed by atoms with Gasteiger partial charge in [0.2, 0.25) is 0 Å². The van der Waals surface area contributed by atoms with Crippen LogP contribution in [-0.2, 0) is 11.3 Å². The lowest BCUT2D eigenvalue weighted by molar-refractivity contribution is 0.0719. The summed E-state index contributed by atoms with van der Waals surface area (Å²) in [6, 6.07) is 1.73. The van der Waals surface area contributed by atoms with Crippen molar-refractivity contribution in [1.82, 2.24) is 4.90 Å². The molecule has 0 saturated heterocycles. The van der Waals surface area contributed by atoms with Gasteiger partial charge in [-0.25, -0.2) is 0 Å². The quantitative estimate of drug-likeness (QED) is 0.829. The Morgan fingerprint density at radius 2 is 2.05 bits per heavy atom. The predicted octanol–water partition coefficient (Wildman–Crippen LogP) is 2.07. The summed E-state index contributed by atoms with van der Waals surface area (Å²) in [6.07, 6.45) is 0. The molecular weight excluding hydrogens is 314 g/mol. The van der Waals surface area contributed by atoms with E-state index in [1.165, 1.54) is 0 Å². The summed E-state index contributed by atoms with van der Waals surface area (Å²) in [6.45, 7) is 1.64. The van der Waals surface area contributed by atoms with Gasteiger partial charge < -0.3 is 19.1 Å². The van der Waals surface area contributed by atoms with Crippen molar-refractivity contribution in [2.24, 2.45) is 0 Å². The summed E-state index contributed by atoms with van der Waals surface area (Å²) in [5.74, 6) is 1.16. The lowest BCUT2D eigenvalue weighted by atomic mass is 10.1. The Hall–Kier alpha value is -1.27. The topological polar surface area (TPSA) is 48.0 Å². The van der Waals surface area contributed by atoms with E-state index in [0.717, 1.165) is 10.0 Å². The first-order valence-corrected chi connectivity index (χ1v) is 6.64. The SMILES string of the molecule is COCCN1Cc2c(cc(OC)c(OC)c2Br)C1=O. The lowest BCUT2D eigenvalue weighted by Crippen LogP contribution is -2.27. The van der Waals surface area contributed by atoms with Crippen molar-refractivity contribution in [3.63, 3.8) is 0 Å².